The Hall–Kier alpha value is -2.56. The number of rotatable bonds is 5. The third kappa shape index (κ3) is 2.99. The van der Waals surface area contributed by atoms with Crippen LogP contribution in [0.15, 0.2) is 30.5 Å². The van der Waals surface area contributed by atoms with Crippen molar-refractivity contribution in [3.05, 3.63) is 47.4 Å². The predicted molar refractivity (Wildman–Crippen MR) is 92.9 cm³/mol. The summed E-state index contributed by atoms with van der Waals surface area (Å²) in [6.07, 6.45) is 3.00. The summed E-state index contributed by atoms with van der Waals surface area (Å²) < 4.78 is 7.31. The van der Waals surface area contributed by atoms with Crippen LogP contribution in [0.3, 0.4) is 0 Å². The van der Waals surface area contributed by atoms with E-state index < -0.39 is 0 Å². The summed E-state index contributed by atoms with van der Waals surface area (Å²) in [5, 5.41) is 9.09. The van der Waals surface area contributed by atoms with Crippen molar-refractivity contribution in [1.29, 1.82) is 0 Å². The van der Waals surface area contributed by atoms with Gasteiger partial charge in [0.05, 0.1) is 12.8 Å². The van der Waals surface area contributed by atoms with Gasteiger partial charge in [-0.2, -0.15) is 5.10 Å². The van der Waals surface area contributed by atoms with E-state index in [1.54, 1.807) is 7.11 Å². The van der Waals surface area contributed by atoms with Gasteiger partial charge < -0.3 is 10.1 Å². The van der Waals surface area contributed by atoms with Crippen LogP contribution >= 0.6 is 0 Å². The van der Waals surface area contributed by atoms with Crippen molar-refractivity contribution in [1.82, 2.24) is 14.8 Å². The number of para-hydroxylation sites is 1. The fourth-order valence-corrected chi connectivity index (χ4v) is 2.88. The molecule has 5 heteroatoms. The monoisotopic (exact) mass is 310 g/mol. The lowest BCUT2D eigenvalue weighted by atomic mass is 10.1. The molecule has 23 heavy (non-hydrogen) atoms. The van der Waals surface area contributed by atoms with Crippen LogP contribution in [0.2, 0.25) is 0 Å². The lowest BCUT2D eigenvalue weighted by Crippen LogP contribution is -2.03. The molecular weight excluding hydrogens is 288 g/mol. The average Bonchev–Trinajstić information content (AvgIpc) is 2.91. The second kappa shape index (κ2) is 6.28. The van der Waals surface area contributed by atoms with Crippen molar-refractivity contribution in [3.8, 4) is 5.75 Å². The maximum Gasteiger partial charge on any atom is 0.145 e. The van der Waals surface area contributed by atoms with Gasteiger partial charge in [0.15, 0.2) is 0 Å². The third-order valence-electron chi connectivity index (χ3n) is 3.95. The molecule has 0 atom stereocenters. The van der Waals surface area contributed by atoms with Gasteiger partial charge in [0.1, 0.15) is 11.3 Å². The van der Waals surface area contributed by atoms with E-state index >= 15 is 0 Å². The molecule has 0 aliphatic carbocycles. The Bertz CT molecular complexity index is 838. The van der Waals surface area contributed by atoms with Crippen LogP contribution in [0.25, 0.3) is 10.9 Å². The summed E-state index contributed by atoms with van der Waals surface area (Å²) >= 11 is 0. The molecular formula is C18H22N4O. The van der Waals surface area contributed by atoms with Gasteiger partial charge in [-0.1, -0.05) is 19.1 Å². The quantitative estimate of drug-likeness (QED) is 0.784. The average molecular weight is 310 g/mol. The van der Waals surface area contributed by atoms with Gasteiger partial charge in [-0.25, -0.2) is 4.98 Å². The van der Waals surface area contributed by atoms with E-state index in [1.165, 1.54) is 5.56 Å². The number of fused-ring (bicyclic) bond motifs is 1. The molecule has 5 nitrogen and oxygen atoms in total. The van der Waals surface area contributed by atoms with Crippen molar-refractivity contribution in [2.45, 2.75) is 26.8 Å². The number of hydrogen-bond donors (Lipinski definition) is 1. The number of hydrogen-bond acceptors (Lipinski definition) is 4. The number of methoxy groups -OCH3 is 1. The Morgan fingerprint density at radius 1 is 1.30 bits per heavy atom. The Labute approximate surface area is 136 Å². The van der Waals surface area contributed by atoms with E-state index in [2.05, 4.69) is 40.7 Å². The topological polar surface area (TPSA) is 52.0 Å². The summed E-state index contributed by atoms with van der Waals surface area (Å²) in [7, 11) is 3.63. The Balaban J connectivity index is 1.96. The standard InChI is InChI=1S/C18H22N4O/c1-5-15-13(11-22(3)21-15)10-19-16-9-12(2)20-18-14(16)7-6-8-17(18)23-4/h6-9,11H,5,10H2,1-4H3,(H,19,20). The molecule has 0 spiro atoms. The lowest BCUT2D eigenvalue weighted by molar-refractivity contribution is 0.419. The molecule has 3 aromatic rings. The zero-order valence-corrected chi connectivity index (χ0v) is 14.1. The zero-order valence-electron chi connectivity index (χ0n) is 14.1. The number of ether oxygens (including phenoxy) is 1. The molecule has 0 fully saturated rings. The molecule has 2 heterocycles. The number of anilines is 1. The van der Waals surface area contributed by atoms with Gasteiger partial charge in [0.25, 0.3) is 0 Å². The molecule has 120 valence electrons. The Kier molecular flexibility index (Phi) is 4.19. The van der Waals surface area contributed by atoms with Crippen molar-refractivity contribution in [3.63, 3.8) is 0 Å². The van der Waals surface area contributed by atoms with Gasteiger partial charge in [0, 0.05) is 42.1 Å². The first-order chi connectivity index (χ1) is 11.1. The highest BCUT2D eigenvalue weighted by molar-refractivity contribution is 5.95. The minimum Gasteiger partial charge on any atom is -0.494 e. The van der Waals surface area contributed by atoms with Crippen LogP contribution < -0.4 is 10.1 Å². The first-order valence-electron chi connectivity index (χ1n) is 7.82. The summed E-state index contributed by atoms with van der Waals surface area (Å²) in [6.45, 7) is 4.87. The maximum atomic E-state index is 5.44. The molecule has 0 aliphatic rings. The van der Waals surface area contributed by atoms with E-state index in [0.29, 0.717) is 0 Å². The normalized spacial score (nSPS) is 11.0. The van der Waals surface area contributed by atoms with Gasteiger partial charge in [-0.05, 0) is 25.5 Å². The number of aromatic nitrogens is 3. The van der Waals surface area contributed by atoms with E-state index in [9.17, 15) is 0 Å². The largest absolute Gasteiger partial charge is 0.494 e. The molecule has 0 saturated carbocycles. The molecule has 0 radical (unpaired) electrons. The van der Waals surface area contributed by atoms with Gasteiger partial charge in [-0.3, -0.25) is 4.68 Å². The van der Waals surface area contributed by atoms with Crippen LogP contribution in [0.5, 0.6) is 5.75 Å². The van der Waals surface area contributed by atoms with E-state index in [4.69, 9.17) is 4.74 Å². The first kappa shape index (κ1) is 15.3. The SMILES string of the molecule is CCc1nn(C)cc1CNc1cc(C)nc2c(OC)cccc12. The molecule has 0 bridgehead atoms. The summed E-state index contributed by atoms with van der Waals surface area (Å²) in [5.41, 5.74) is 5.27. The van der Waals surface area contributed by atoms with Crippen LogP contribution in [0.1, 0.15) is 23.9 Å². The van der Waals surface area contributed by atoms with Crippen LogP contribution in [0, 0.1) is 6.92 Å². The van der Waals surface area contributed by atoms with Crippen LogP contribution in [0.4, 0.5) is 5.69 Å². The second-order valence-electron chi connectivity index (χ2n) is 5.65. The van der Waals surface area contributed by atoms with Gasteiger partial charge >= 0.3 is 0 Å². The van der Waals surface area contributed by atoms with Gasteiger partial charge in [-0.15, -0.1) is 0 Å². The molecule has 2 aromatic heterocycles. The zero-order chi connectivity index (χ0) is 16.4. The molecule has 0 saturated heterocycles. The second-order valence-corrected chi connectivity index (χ2v) is 5.65. The van der Waals surface area contributed by atoms with E-state index in [1.807, 2.05) is 30.8 Å². The smallest absolute Gasteiger partial charge is 0.145 e. The van der Waals surface area contributed by atoms with Crippen molar-refractivity contribution in [2.75, 3.05) is 12.4 Å². The van der Waals surface area contributed by atoms with Crippen LogP contribution in [-0.2, 0) is 20.0 Å². The molecule has 0 amide bonds. The predicted octanol–water partition coefficient (Wildman–Crippen LogP) is 3.46. The van der Waals surface area contributed by atoms with Gasteiger partial charge in [0.2, 0.25) is 0 Å². The van der Waals surface area contributed by atoms with E-state index in [0.717, 1.165) is 46.7 Å². The number of benzene rings is 1. The summed E-state index contributed by atoms with van der Waals surface area (Å²) in [6, 6.07) is 8.07. The molecule has 0 unspecified atom stereocenters. The maximum absolute atomic E-state index is 5.44. The Morgan fingerprint density at radius 3 is 2.87 bits per heavy atom. The Morgan fingerprint density at radius 2 is 2.13 bits per heavy atom. The number of aryl methyl sites for hydroxylation is 3. The highest BCUT2D eigenvalue weighted by Crippen LogP contribution is 2.30. The minimum atomic E-state index is 0.743. The van der Waals surface area contributed by atoms with Crippen molar-refractivity contribution >= 4 is 16.6 Å². The highest BCUT2D eigenvalue weighted by atomic mass is 16.5. The third-order valence-corrected chi connectivity index (χ3v) is 3.95. The van der Waals surface area contributed by atoms with Crippen molar-refractivity contribution < 1.29 is 4.74 Å². The number of pyridine rings is 1. The molecule has 1 N–H and O–H groups in total. The first-order valence-corrected chi connectivity index (χ1v) is 7.82. The fourth-order valence-electron chi connectivity index (χ4n) is 2.88. The highest BCUT2D eigenvalue weighted by Gasteiger charge is 2.10. The fraction of sp³-hybridized carbons (Fsp3) is 0.333. The number of nitrogens with zero attached hydrogens (tertiary/aromatic N) is 3. The lowest BCUT2D eigenvalue weighted by Gasteiger charge is -2.12. The van der Waals surface area contributed by atoms with Crippen LogP contribution in [-0.4, -0.2) is 21.9 Å². The minimum absolute atomic E-state index is 0.743. The molecule has 3 rings (SSSR count). The summed E-state index contributed by atoms with van der Waals surface area (Å²) in [4.78, 5) is 4.62. The van der Waals surface area contributed by atoms with E-state index in [-0.39, 0.29) is 0 Å². The molecule has 1 aromatic carbocycles. The number of nitrogens with one attached hydrogen (secondary N) is 1. The van der Waals surface area contributed by atoms with Crippen molar-refractivity contribution in [2.24, 2.45) is 7.05 Å². The molecule has 0 aliphatic heterocycles. The summed E-state index contributed by atoms with van der Waals surface area (Å²) in [5.74, 6) is 0.796.